The molecule has 0 aromatic rings. The molecule has 6 nitrogen and oxygen atoms in total. The van der Waals surface area contributed by atoms with Crippen LogP contribution in [0, 0.1) is 5.41 Å². The Morgan fingerprint density at radius 1 is 0.900 bits per heavy atom. The van der Waals surface area contributed by atoms with Crippen LogP contribution in [0.1, 0.15) is 54.4 Å². The predicted molar refractivity (Wildman–Crippen MR) is 68.6 cm³/mol. The third-order valence-corrected chi connectivity index (χ3v) is 2.03. The Kier molecular flexibility index (Phi) is 20.8. The Morgan fingerprint density at radius 3 is 1.05 bits per heavy atom. The van der Waals surface area contributed by atoms with E-state index in [1.807, 2.05) is 0 Å². The minimum absolute atomic E-state index is 0. The zero-order valence-electron chi connectivity index (χ0n) is 13.1. The quantitative estimate of drug-likeness (QED) is 0.572. The normalized spacial score (nSPS) is 9.70. The van der Waals surface area contributed by atoms with Gasteiger partial charge >= 0.3 is 33.7 Å². The number of carboxylic acid groups (broad SMARTS) is 2. The second-order valence-corrected chi connectivity index (χ2v) is 4.50. The summed E-state index contributed by atoms with van der Waals surface area (Å²) in [5.74, 6) is -2.51. The fourth-order valence-electron chi connectivity index (χ4n) is 0.946. The van der Waals surface area contributed by atoms with E-state index in [1.165, 1.54) is 0 Å². The van der Waals surface area contributed by atoms with Crippen LogP contribution in [0.5, 0.6) is 0 Å². The van der Waals surface area contributed by atoms with E-state index in [0.717, 1.165) is 0 Å². The maximum absolute atomic E-state index is 10.5. The van der Waals surface area contributed by atoms with Crippen molar-refractivity contribution in [1.29, 1.82) is 0 Å². The van der Waals surface area contributed by atoms with Crippen LogP contribution in [0.25, 0.3) is 0 Å². The maximum atomic E-state index is 10.5. The van der Waals surface area contributed by atoms with E-state index in [0.29, 0.717) is 0 Å². The molecule has 0 aliphatic carbocycles. The summed E-state index contributed by atoms with van der Waals surface area (Å²) in [5.41, 5.74) is -1.58. The number of aliphatic carboxylic acids is 2. The first-order valence-electron chi connectivity index (χ1n) is 6.26. The van der Waals surface area contributed by atoms with Crippen molar-refractivity contribution in [3.63, 3.8) is 0 Å². The molecule has 20 heavy (non-hydrogen) atoms. The number of carboxylic acids is 2. The van der Waals surface area contributed by atoms with Crippen molar-refractivity contribution in [2.45, 2.75) is 66.6 Å². The molecular weight excluding hydrogens is 300 g/mol. The Labute approximate surface area is 136 Å². The molecule has 0 rings (SSSR count). The van der Waals surface area contributed by atoms with Crippen LogP contribution >= 0.6 is 0 Å². The Hall–Kier alpha value is -0.426. The van der Waals surface area contributed by atoms with Gasteiger partial charge < -0.3 is 20.4 Å². The molecule has 7 heteroatoms. The van der Waals surface area contributed by atoms with Crippen LogP contribution in [0.4, 0.5) is 0 Å². The van der Waals surface area contributed by atoms with Crippen molar-refractivity contribution in [3.8, 4) is 0 Å². The number of hydrogen-bond acceptors (Lipinski definition) is 4. The first-order valence-corrected chi connectivity index (χ1v) is 6.26. The van der Waals surface area contributed by atoms with Gasteiger partial charge in [-0.3, -0.25) is 9.59 Å². The van der Waals surface area contributed by atoms with Crippen molar-refractivity contribution >= 4 is 11.9 Å². The van der Waals surface area contributed by atoms with Crippen molar-refractivity contribution in [2.75, 3.05) is 0 Å². The molecule has 0 saturated heterocycles. The van der Waals surface area contributed by atoms with Crippen LogP contribution in [-0.4, -0.2) is 34.4 Å². The van der Waals surface area contributed by atoms with E-state index >= 15 is 0 Å². The monoisotopic (exact) mass is 326 g/mol. The van der Waals surface area contributed by atoms with Crippen molar-refractivity contribution < 1.29 is 51.7 Å². The largest absolute Gasteiger partial charge is 2.00 e. The summed E-state index contributed by atoms with van der Waals surface area (Å²) in [7, 11) is 0. The van der Waals surface area contributed by atoms with E-state index in [4.69, 9.17) is 10.2 Å². The summed E-state index contributed by atoms with van der Waals surface area (Å²) in [6.07, 6.45) is -0.595. The smallest absolute Gasteiger partial charge is 0.852 e. The van der Waals surface area contributed by atoms with Gasteiger partial charge in [-0.2, -0.15) is 0 Å². The Balaban J connectivity index is -0.000000119. The third kappa shape index (κ3) is 15.6. The molecule has 0 aliphatic rings. The zero-order valence-corrected chi connectivity index (χ0v) is 14.7. The van der Waals surface area contributed by atoms with Gasteiger partial charge in [0.15, 0.2) is 5.41 Å². The summed E-state index contributed by atoms with van der Waals surface area (Å²) in [5, 5.41) is 36.3. The second kappa shape index (κ2) is 15.0. The van der Waals surface area contributed by atoms with Crippen molar-refractivity contribution in [1.82, 2.24) is 0 Å². The molecular formula is C13H26O6Ti. The van der Waals surface area contributed by atoms with Crippen LogP contribution in [0.3, 0.4) is 0 Å². The first kappa shape index (κ1) is 27.8. The van der Waals surface area contributed by atoms with E-state index in [1.54, 1.807) is 41.5 Å². The second-order valence-electron chi connectivity index (χ2n) is 4.50. The van der Waals surface area contributed by atoms with E-state index in [-0.39, 0.29) is 34.6 Å². The molecule has 0 aromatic carbocycles. The number of rotatable bonds is 4. The number of carbonyl (C=O) groups is 2. The van der Waals surface area contributed by atoms with Gasteiger partial charge in [-0.05, 0) is 12.8 Å². The molecule has 0 aliphatic heterocycles. The Bertz CT molecular complexity index is 222. The SMILES string of the molecule is CC(C)[O-].CC(C)[O-].CCC(CC)(C(=O)O)C(=O)O.[Ti+2]. The number of hydrogen-bond donors (Lipinski definition) is 2. The van der Waals surface area contributed by atoms with Gasteiger partial charge in [0.25, 0.3) is 0 Å². The van der Waals surface area contributed by atoms with Crippen LogP contribution < -0.4 is 10.2 Å². The van der Waals surface area contributed by atoms with Gasteiger partial charge in [-0.15, -0.1) is 12.2 Å². The van der Waals surface area contributed by atoms with Gasteiger partial charge in [0.2, 0.25) is 0 Å². The molecule has 0 atom stereocenters. The summed E-state index contributed by atoms with van der Waals surface area (Å²) in [6.45, 7) is 9.57. The van der Waals surface area contributed by atoms with Crippen molar-refractivity contribution in [3.05, 3.63) is 0 Å². The standard InChI is InChI=1S/C7H12O4.2C3H7O.Ti/c1-3-7(4-2,5(8)9)6(10)11;2*1-3(2)4;/h3-4H2,1-2H3,(H,8,9)(H,10,11);2*3H,1-2H3;/q;2*-1;+2. The fourth-order valence-corrected chi connectivity index (χ4v) is 0.946. The van der Waals surface area contributed by atoms with Gasteiger partial charge in [0, 0.05) is 0 Å². The molecule has 0 amide bonds. The molecule has 0 saturated carbocycles. The summed E-state index contributed by atoms with van der Waals surface area (Å²) in [6, 6.07) is 0. The van der Waals surface area contributed by atoms with E-state index < -0.39 is 29.6 Å². The molecule has 2 N–H and O–H groups in total. The van der Waals surface area contributed by atoms with Gasteiger partial charge in [0.05, 0.1) is 0 Å². The minimum atomic E-state index is -1.58. The van der Waals surface area contributed by atoms with Gasteiger partial charge in [0.1, 0.15) is 0 Å². The van der Waals surface area contributed by atoms with Crippen LogP contribution in [-0.2, 0) is 31.3 Å². The molecule has 0 bridgehead atoms. The molecule has 0 spiro atoms. The summed E-state index contributed by atoms with van der Waals surface area (Å²) < 4.78 is 0. The molecule has 0 fully saturated rings. The molecule has 118 valence electrons. The third-order valence-electron chi connectivity index (χ3n) is 2.03. The average molecular weight is 326 g/mol. The molecule has 0 radical (unpaired) electrons. The minimum Gasteiger partial charge on any atom is -0.852 e. The average Bonchev–Trinajstić information content (AvgIpc) is 2.17. The van der Waals surface area contributed by atoms with Crippen LogP contribution in [0.2, 0.25) is 0 Å². The van der Waals surface area contributed by atoms with Gasteiger partial charge in [-0.1, -0.05) is 41.5 Å². The topological polar surface area (TPSA) is 121 Å². The van der Waals surface area contributed by atoms with E-state index in [2.05, 4.69) is 0 Å². The summed E-state index contributed by atoms with van der Waals surface area (Å²) >= 11 is 0. The first-order chi connectivity index (χ1) is 8.47. The fraction of sp³-hybridized carbons (Fsp3) is 0.846. The molecule has 0 aromatic heterocycles. The predicted octanol–water partition coefficient (Wildman–Crippen LogP) is 0.470. The maximum Gasteiger partial charge on any atom is 2.00 e. The Morgan fingerprint density at radius 2 is 1.05 bits per heavy atom. The van der Waals surface area contributed by atoms with Crippen molar-refractivity contribution in [2.24, 2.45) is 5.41 Å². The zero-order chi connectivity index (χ0) is 16.2. The van der Waals surface area contributed by atoms with Gasteiger partial charge in [-0.25, -0.2) is 0 Å². The molecule has 0 heterocycles. The molecule has 0 unspecified atom stereocenters. The van der Waals surface area contributed by atoms with E-state index in [9.17, 15) is 19.8 Å². The summed E-state index contributed by atoms with van der Waals surface area (Å²) in [4.78, 5) is 21.1. The van der Waals surface area contributed by atoms with Crippen LogP contribution in [0.15, 0.2) is 0 Å².